The molecule has 3 aromatic rings. The van der Waals surface area contributed by atoms with Crippen LogP contribution in [0.2, 0.25) is 5.02 Å². The van der Waals surface area contributed by atoms with E-state index >= 15 is 0 Å². The first-order chi connectivity index (χ1) is 14.0. The van der Waals surface area contributed by atoms with Crippen LogP contribution in [0.4, 0.5) is 10.8 Å². The lowest BCUT2D eigenvalue weighted by Gasteiger charge is -2.40. The first kappa shape index (κ1) is 19.6. The van der Waals surface area contributed by atoms with Crippen LogP contribution in [0.15, 0.2) is 53.9 Å². The minimum atomic E-state index is -0.531. The van der Waals surface area contributed by atoms with Gasteiger partial charge in [-0.2, -0.15) is 0 Å². The Kier molecular flexibility index (Phi) is 5.39. The Bertz CT molecular complexity index is 1060. The highest BCUT2D eigenvalue weighted by atomic mass is 35.5. The molecule has 7 heteroatoms. The van der Waals surface area contributed by atoms with Crippen molar-refractivity contribution in [1.29, 1.82) is 0 Å². The Balaban J connectivity index is 1.50. The standard InChI is InChI=1S/C22H20ClN3O2S/c1-14(27)24-18-8-6-15(7-9-18)19-13-29-21(25-19)26-20(28)22(10-3-11-22)16-4-2-5-17(23)12-16/h2,4-9,12-13H,3,10-11H2,1H3,(H,24,27)(H,25,26,28). The molecular weight excluding hydrogens is 406 g/mol. The smallest absolute Gasteiger partial charge is 0.236 e. The fourth-order valence-corrected chi connectivity index (χ4v) is 4.48. The Morgan fingerprint density at radius 3 is 2.48 bits per heavy atom. The van der Waals surface area contributed by atoms with Crippen LogP contribution in [0.5, 0.6) is 0 Å². The highest BCUT2D eigenvalue weighted by Crippen LogP contribution is 2.45. The van der Waals surface area contributed by atoms with Gasteiger partial charge >= 0.3 is 0 Å². The monoisotopic (exact) mass is 425 g/mol. The molecule has 1 saturated carbocycles. The van der Waals surface area contributed by atoms with Crippen molar-refractivity contribution in [2.24, 2.45) is 0 Å². The highest BCUT2D eigenvalue weighted by molar-refractivity contribution is 7.14. The zero-order chi connectivity index (χ0) is 20.4. The third-order valence-corrected chi connectivity index (χ3v) is 6.24. The van der Waals surface area contributed by atoms with Gasteiger partial charge in [-0.3, -0.25) is 9.59 Å². The third kappa shape index (κ3) is 4.04. The summed E-state index contributed by atoms with van der Waals surface area (Å²) in [5.74, 6) is -0.144. The van der Waals surface area contributed by atoms with Crippen LogP contribution in [0.25, 0.3) is 11.3 Å². The van der Waals surface area contributed by atoms with Crippen molar-refractivity contribution in [3.8, 4) is 11.3 Å². The van der Waals surface area contributed by atoms with Crippen LogP contribution in [0, 0.1) is 0 Å². The van der Waals surface area contributed by atoms with Gasteiger partial charge in [0.1, 0.15) is 0 Å². The van der Waals surface area contributed by atoms with Crippen molar-refractivity contribution in [2.45, 2.75) is 31.6 Å². The molecule has 5 nitrogen and oxygen atoms in total. The zero-order valence-electron chi connectivity index (χ0n) is 15.9. The Labute approximate surface area is 178 Å². The van der Waals surface area contributed by atoms with E-state index in [1.165, 1.54) is 18.3 Å². The van der Waals surface area contributed by atoms with Crippen LogP contribution in [-0.2, 0) is 15.0 Å². The average molecular weight is 426 g/mol. The summed E-state index contributed by atoms with van der Waals surface area (Å²) in [6.07, 6.45) is 2.63. The lowest BCUT2D eigenvalue weighted by Crippen LogP contribution is -2.46. The first-order valence-corrected chi connectivity index (χ1v) is 10.6. The maximum Gasteiger partial charge on any atom is 0.236 e. The lowest BCUT2D eigenvalue weighted by atomic mass is 9.64. The first-order valence-electron chi connectivity index (χ1n) is 9.37. The molecule has 0 saturated heterocycles. The topological polar surface area (TPSA) is 71.1 Å². The van der Waals surface area contributed by atoms with Crippen molar-refractivity contribution in [3.05, 3.63) is 64.5 Å². The van der Waals surface area contributed by atoms with Gasteiger partial charge in [0.15, 0.2) is 5.13 Å². The molecular formula is C22H20ClN3O2S. The molecule has 1 aromatic heterocycles. The second-order valence-electron chi connectivity index (χ2n) is 7.20. The predicted octanol–water partition coefficient (Wildman–Crippen LogP) is 5.48. The van der Waals surface area contributed by atoms with Crippen molar-refractivity contribution >= 4 is 45.6 Å². The van der Waals surface area contributed by atoms with Gasteiger partial charge in [0.05, 0.1) is 11.1 Å². The minimum Gasteiger partial charge on any atom is -0.326 e. The van der Waals surface area contributed by atoms with E-state index < -0.39 is 5.41 Å². The summed E-state index contributed by atoms with van der Waals surface area (Å²) < 4.78 is 0. The van der Waals surface area contributed by atoms with Crippen LogP contribution >= 0.6 is 22.9 Å². The zero-order valence-corrected chi connectivity index (χ0v) is 17.4. The number of benzene rings is 2. The molecule has 1 aliphatic carbocycles. The van der Waals surface area contributed by atoms with Gasteiger partial charge in [-0.05, 0) is 42.7 Å². The summed E-state index contributed by atoms with van der Waals surface area (Å²) in [7, 11) is 0. The lowest BCUT2D eigenvalue weighted by molar-refractivity contribution is -0.124. The largest absolute Gasteiger partial charge is 0.326 e. The molecule has 0 unspecified atom stereocenters. The number of nitrogens with one attached hydrogen (secondary N) is 2. The number of hydrogen-bond donors (Lipinski definition) is 2. The Morgan fingerprint density at radius 1 is 1.10 bits per heavy atom. The van der Waals surface area contributed by atoms with Gasteiger partial charge in [0.25, 0.3) is 0 Å². The number of aromatic nitrogens is 1. The maximum atomic E-state index is 13.1. The fourth-order valence-electron chi connectivity index (χ4n) is 3.57. The molecule has 1 aliphatic rings. The van der Waals surface area contributed by atoms with E-state index in [-0.39, 0.29) is 11.8 Å². The number of rotatable bonds is 5. The average Bonchev–Trinajstić information content (AvgIpc) is 3.09. The minimum absolute atomic E-state index is 0.0343. The molecule has 0 radical (unpaired) electrons. The summed E-state index contributed by atoms with van der Waals surface area (Å²) in [6.45, 7) is 1.47. The number of nitrogens with zero attached hydrogens (tertiary/aromatic N) is 1. The predicted molar refractivity (Wildman–Crippen MR) is 117 cm³/mol. The molecule has 1 fully saturated rings. The molecule has 2 amide bonds. The van der Waals surface area contributed by atoms with E-state index in [4.69, 9.17) is 11.6 Å². The summed E-state index contributed by atoms with van der Waals surface area (Å²) in [6, 6.07) is 15.0. The van der Waals surface area contributed by atoms with E-state index in [1.807, 2.05) is 53.9 Å². The van der Waals surface area contributed by atoms with E-state index in [9.17, 15) is 9.59 Å². The second-order valence-corrected chi connectivity index (χ2v) is 8.49. The molecule has 0 aliphatic heterocycles. The van der Waals surface area contributed by atoms with Crippen LogP contribution < -0.4 is 10.6 Å². The normalized spacial score (nSPS) is 14.7. The van der Waals surface area contributed by atoms with Gasteiger partial charge < -0.3 is 10.6 Å². The number of halogens is 1. The Morgan fingerprint density at radius 2 is 1.86 bits per heavy atom. The van der Waals surface area contributed by atoms with Gasteiger partial charge in [0.2, 0.25) is 11.8 Å². The molecule has 2 aromatic carbocycles. The van der Waals surface area contributed by atoms with Crippen molar-refractivity contribution in [2.75, 3.05) is 10.6 Å². The third-order valence-electron chi connectivity index (χ3n) is 5.24. The van der Waals surface area contributed by atoms with E-state index in [0.29, 0.717) is 10.2 Å². The quantitative estimate of drug-likeness (QED) is 0.568. The van der Waals surface area contributed by atoms with Gasteiger partial charge in [-0.1, -0.05) is 42.3 Å². The molecule has 2 N–H and O–H groups in total. The summed E-state index contributed by atoms with van der Waals surface area (Å²) in [4.78, 5) is 28.8. The fraction of sp³-hybridized carbons (Fsp3) is 0.227. The summed E-state index contributed by atoms with van der Waals surface area (Å²) in [5, 5.41) is 8.86. The molecule has 0 atom stereocenters. The number of carbonyl (C=O) groups is 2. The summed E-state index contributed by atoms with van der Waals surface area (Å²) >= 11 is 7.54. The van der Waals surface area contributed by atoms with E-state index in [2.05, 4.69) is 15.6 Å². The Hall–Kier alpha value is -2.70. The molecule has 4 rings (SSSR count). The second kappa shape index (κ2) is 7.97. The van der Waals surface area contributed by atoms with Gasteiger partial charge in [-0.25, -0.2) is 4.98 Å². The molecule has 0 spiro atoms. The van der Waals surface area contributed by atoms with Crippen molar-refractivity contribution in [1.82, 2.24) is 4.98 Å². The SMILES string of the molecule is CC(=O)Nc1ccc(-c2csc(NC(=O)C3(c4cccc(Cl)c4)CCC3)n2)cc1. The van der Waals surface area contributed by atoms with Crippen LogP contribution in [-0.4, -0.2) is 16.8 Å². The summed E-state index contributed by atoms with van der Waals surface area (Å²) in [5.41, 5.74) is 2.86. The van der Waals surface area contributed by atoms with Crippen LogP contribution in [0.1, 0.15) is 31.7 Å². The van der Waals surface area contributed by atoms with E-state index in [1.54, 1.807) is 0 Å². The number of carbonyl (C=O) groups excluding carboxylic acids is 2. The molecule has 29 heavy (non-hydrogen) atoms. The van der Waals surface area contributed by atoms with Crippen LogP contribution in [0.3, 0.4) is 0 Å². The number of amides is 2. The van der Waals surface area contributed by atoms with Gasteiger partial charge in [-0.15, -0.1) is 11.3 Å². The highest BCUT2D eigenvalue weighted by Gasteiger charge is 2.46. The van der Waals surface area contributed by atoms with E-state index in [0.717, 1.165) is 41.8 Å². The number of hydrogen-bond acceptors (Lipinski definition) is 4. The molecule has 1 heterocycles. The van der Waals surface area contributed by atoms with Gasteiger partial charge in [0, 0.05) is 28.6 Å². The maximum absolute atomic E-state index is 13.1. The number of anilines is 2. The molecule has 0 bridgehead atoms. The van der Waals surface area contributed by atoms with Crippen molar-refractivity contribution in [3.63, 3.8) is 0 Å². The van der Waals surface area contributed by atoms with Crippen molar-refractivity contribution < 1.29 is 9.59 Å². The number of thiazole rings is 1. The molecule has 148 valence electrons.